The molecule has 4 rings (SSSR count). The summed E-state index contributed by atoms with van der Waals surface area (Å²) in [4.78, 5) is 27.5. The van der Waals surface area contributed by atoms with Gasteiger partial charge in [-0.1, -0.05) is 93.1 Å². The number of sulfonamides is 1. The Morgan fingerprint density at radius 3 is 2.15 bits per heavy atom. The van der Waals surface area contributed by atoms with Gasteiger partial charge < -0.3 is 16.4 Å². The van der Waals surface area contributed by atoms with E-state index >= 15 is 0 Å². The highest BCUT2D eigenvalue weighted by Gasteiger charge is 2.43. The first-order valence-corrected chi connectivity index (χ1v) is 15.9. The summed E-state index contributed by atoms with van der Waals surface area (Å²) in [7, 11) is -3.80. The predicted octanol–water partition coefficient (Wildman–Crippen LogP) is 3.47. The van der Waals surface area contributed by atoms with E-state index in [1.165, 1.54) is 0 Å². The molecule has 2 aromatic carbocycles. The Bertz CT molecular complexity index is 1270. The standard InChI is InChI=1S/C30H41N5O4S/c31-27(32)25-16-14-22(15-17-25)20-33-29(37)30(18-8-3-9-19-30)34-28(36)26(24-12-6-2-7-13-24)35-40(38,39)21-23-10-4-1-5-11-23/h1,4-5,10-11,14-17,24,26,35H,2-3,6-9,12-13,18-21H2,(H3,31,32)(H,33,37)(H,34,36)/t26-/m1/s1. The molecule has 0 bridgehead atoms. The first-order chi connectivity index (χ1) is 19.2. The van der Waals surface area contributed by atoms with Crippen LogP contribution in [0, 0.1) is 11.3 Å². The minimum Gasteiger partial charge on any atom is -0.384 e. The van der Waals surface area contributed by atoms with E-state index in [1.54, 1.807) is 36.4 Å². The monoisotopic (exact) mass is 567 g/mol. The molecule has 2 aromatic rings. The van der Waals surface area contributed by atoms with Crippen molar-refractivity contribution in [2.75, 3.05) is 0 Å². The zero-order valence-corrected chi connectivity index (χ0v) is 23.8. The summed E-state index contributed by atoms with van der Waals surface area (Å²) >= 11 is 0. The van der Waals surface area contributed by atoms with Gasteiger partial charge in [-0.3, -0.25) is 15.0 Å². The highest BCUT2D eigenvalue weighted by atomic mass is 32.2. The average molecular weight is 568 g/mol. The molecule has 0 aromatic heterocycles. The van der Waals surface area contributed by atoms with Crippen LogP contribution >= 0.6 is 0 Å². The van der Waals surface area contributed by atoms with Crippen molar-refractivity contribution in [3.05, 3.63) is 71.3 Å². The lowest BCUT2D eigenvalue weighted by Gasteiger charge is -2.39. The minimum absolute atomic E-state index is 0.0219. The van der Waals surface area contributed by atoms with Gasteiger partial charge in [0.1, 0.15) is 17.4 Å². The first kappa shape index (κ1) is 29.7. The summed E-state index contributed by atoms with van der Waals surface area (Å²) in [5.74, 6) is -1.04. The first-order valence-electron chi connectivity index (χ1n) is 14.3. The Kier molecular flexibility index (Phi) is 9.97. The van der Waals surface area contributed by atoms with Crippen LogP contribution in [0.3, 0.4) is 0 Å². The Labute approximate surface area is 237 Å². The average Bonchev–Trinajstić information content (AvgIpc) is 2.96. The number of amidine groups is 1. The SMILES string of the molecule is N=C(N)c1ccc(CNC(=O)C2(NC(=O)[C@H](NS(=O)(=O)Cc3ccccc3)C3CCCCC3)CCCCC2)cc1. The van der Waals surface area contributed by atoms with E-state index in [9.17, 15) is 18.0 Å². The van der Waals surface area contributed by atoms with Crippen molar-refractivity contribution < 1.29 is 18.0 Å². The maximum Gasteiger partial charge on any atom is 0.246 e. The largest absolute Gasteiger partial charge is 0.384 e. The van der Waals surface area contributed by atoms with Gasteiger partial charge in [0.25, 0.3) is 0 Å². The molecular formula is C30H41N5O4S. The Morgan fingerprint density at radius 1 is 0.900 bits per heavy atom. The van der Waals surface area contributed by atoms with Gasteiger partial charge in [-0.05, 0) is 42.7 Å². The normalized spacial score (nSPS) is 18.4. The van der Waals surface area contributed by atoms with Crippen molar-refractivity contribution in [2.24, 2.45) is 11.7 Å². The molecule has 0 spiro atoms. The lowest BCUT2D eigenvalue weighted by atomic mass is 9.79. The molecule has 10 heteroatoms. The van der Waals surface area contributed by atoms with Gasteiger partial charge in [0.2, 0.25) is 21.8 Å². The van der Waals surface area contributed by atoms with E-state index in [0.29, 0.717) is 24.0 Å². The molecule has 2 aliphatic carbocycles. The summed E-state index contributed by atoms with van der Waals surface area (Å²) in [5.41, 5.74) is 6.55. The summed E-state index contributed by atoms with van der Waals surface area (Å²) in [6.07, 6.45) is 8.08. The van der Waals surface area contributed by atoms with Crippen molar-refractivity contribution in [1.29, 1.82) is 5.41 Å². The third-order valence-electron chi connectivity index (χ3n) is 8.13. The number of rotatable bonds is 11. The van der Waals surface area contributed by atoms with E-state index < -0.39 is 27.5 Å². The molecule has 2 fully saturated rings. The van der Waals surface area contributed by atoms with Crippen LogP contribution in [-0.4, -0.2) is 37.6 Å². The fraction of sp³-hybridized carbons (Fsp3) is 0.500. The molecule has 0 unspecified atom stereocenters. The summed E-state index contributed by atoms with van der Waals surface area (Å²) in [6.45, 7) is 0.268. The summed E-state index contributed by atoms with van der Waals surface area (Å²) < 4.78 is 29.1. The Morgan fingerprint density at radius 2 is 1.52 bits per heavy atom. The number of hydrogen-bond acceptors (Lipinski definition) is 5. The summed E-state index contributed by atoms with van der Waals surface area (Å²) in [5, 5.41) is 13.6. The number of hydrogen-bond donors (Lipinski definition) is 5. The Balaban J connectivity index is 1.50. The predicted molar refractivity (Wildman–Crippen MR) is 156 cm³/mol. The number of amides is 2. The number of nitrogens with one attached hydrogen (secondary N) is 4. The Hall–Kier alpha value is -3.24. The van der Waals surface area contributed by atoms with Gasteiger partial charge in [0.15, 0.2) is 0 Å². The highest BCUT2D eigenvalue weighted by Crippen LogP contribution is 2.31. The molecule has 2 aliphatic rings. The van der Waals surface area contributed by atoms with Gasteiger partial charge in [0, 0.05) is 12.1 Å². The second-order valence-electron chi connectivity index (χ2n) is 11.2. The zero-order valence-electron chi connectivity index (χ0n) is 23.0. The molecule has 0 aliphatic heterocycles. The van der Waals surface area contributed by atoms with Crippen LogP contribution in [0.5, 0.6) is 0 Å². The fourth-order valence-corrected chi connectivity index (χ4v) is 7.29. The van der Waals surface area contributed by atoms with Crippen LogP contribution in [0.1, 0.15) is 80.9 Å². The molecule has 1 atom stereocenters. The van der Waals surface area contributed by atoms with Crippen molar-refractivity contribution in [1.82, 2.24) is 15.4 Å². The number of nitrogen functional groups attached to an aromatic ring is 1. The van der Waals surface area contributed by atoms with Gasteiger partial charge >= 0.3 is 0 Å². The number of carbonyl (C=O) groups is 2. The van der Waals surface area contributed by atoms with E-state index in [2.05, 4.69) is 15.4 Å². The minimum atomic E-state index is -3.80. The van der Waals surface area contributed by atoms with Crippen molar-refractivity contribution in [2.45, 2.75) is 88.1 Å². The number of benzene rings is 2. The lowest BCUT2D eigenvalue weighted by Crippen LogP contribution is -2.63. The van der Waals surface area contributed by atoms with Crippen LogP contribution in [0.2, 0.25) is 0 Å². The third kappa shape index (κ3) is 7.91. The number of nitrogens with two attached hydrogens (primary N) is 1. The highest BCUT2D eigenvalue weighted by molar-refractivity contribution is 7.88. The summed E-state index contributed by atoms with van der Waals surface area (Å²) in [6, 6.07) is 15.1. The third-order valence-corrected chi connectivity index (χ3v) is 9.46. The van der Waals surface area contributed by atoms with Gasteiger partial charge in [-0.2, -0.15) is 0 Å². The van der Waals surface area contributed by atoms with E-state index in [1.807, 2.05) is 18.2 Å². The second-order valence-corrected chi connectivity index (χ2v) is 12.9. The molecule has 2 saturated carbocycles. The van der Waals surface area contributed by atoms with Gasteiger partial charge in [-0.15, -0.1) is 0 Å². The second kappa shape index (κ2) is 13.4. The maximum absolute atomic E-state index is 13.9. The van der Waals surface area contributed by atoms with Crippen LogP contribution < -0.4 is 21.1 Å². The molecule has 2 amide bonds. The van der Waals surface area contributed by atoms with Gasteiger partial charge in [-0.25, -0.2) is 13.1 Å². The maximum atomic E-state index is 13.9. The lowest BCUT2D eigenvalue weighted by molar-refractivity contribution is -0.136. The van der Waals surface area contributed by atoms with E-state index in [-0.39, 0.29) is 30.0 Å². The molecule has 0 radical (unpaired) electrons. The molecule has 9 nitrogen and oxygen atoms in total. The van der Waals surface area contributed by atoms with E-state index in [4.69, 9.17) is 11.1 Å². The van der Waals surface area contributed by atoms with Crippen LogP contribution in [-0.2, 0) is 31.9 Å². The fourth-order valence-electron chi connectivity index (χ4n) is 5.89. The van der Waals surface area contributed by atoms with Gasteiger partial charge in [0.05, 0.1) is 5.75 Å². The molecule has 0 heterocycles. The topological polar surface area (TPSA) is 154 Å². The zero-order chi connectivity index (χ0) is 28.6. The van der Waals surface area contributed by atoms with Crippen LogP contribution in [0.25, 0.3) is 0 Å². The van der Waals surface area contributed by atoms with E-state index in [0.717, 1.165) is 56.9 Å². The van der Waals surface area contributed by atoms with Crippen molar-refractivity contribution in [3.63, 3.8) is 0 Å². The number of carbonyl (C=O) groups excluding carboxylic acids is 2. The molecule has 216 valence electrons. The van der Waals surface area contributed by atoms with Crippen molar-refractivity contribution in [3.8, 4) is 0 Å². The van der Waals surface area contributed by atoms with Crippen LogP contribution in [0.4, 0.5) is 0 Å². The van der Waals surface area contributed by atoms with Crippen molar-refractivity contribution >= 4 is 27.7 Å². The smallest absolute Gasteiger partial charge is 0.246 e. The molecule has 0 saturated heterocycles. The molecular weight excluding hydrogens is 526 g/mol. The molecule has 40 heavy (non-hydrogen) atoms. The van der Waals surface area contributed by atoms with Crippen LogP contribution in [0.15, 0.2) is 54.6 Å². The quantitative estimate of drug-likeness (QED) is 0.208. The molecule has 6 N–H and O–H groups in total.